The molecule has 3 heterocycles. The average molecular weight is 451 g/mol. The number of benzene rings is 1. The molecule has 0 atom stereocenters. The van der Waals surface area contributed by atoms with Crippen molar-refractivity contribution in [3.63, 3.8) is 0 Å². The van der Waals surface area contributed by atoms with Crippen molar-refractivity contribution >= 4 is 34.7 Å². The number of fused-ring (bicyclic) bond motifs is 1. The van der Waals surface area contributed by atoms with E-state index in [-0.39, 0.29) is 48.7 Å². The highest BCUT2D eigenvalue weighted by Crippen LogP contribution is 2.27. The molecule has 32 heavy (non-hydrogen) atoms. The highest BCUT2D eigenvalue weighted by atomic mass is 32.1. The predicted octanol–water partition coefficient (Wildman–Crippen LogP) is 2.81. The summed E-state index contributed by atoms with van der Waals surface area (Å²) in [5.41, 5.74) is 1.38. The number of nitro groups is 1. The molecule has 2 aromatic heterocycles. The zero-order valence-corrected chi connectivity index (χ0v) is 17.5. The third kappa shape index (κ3) is 4.37. The van der Waals surface area contributed by atoms with E-state index in [0.717, 1.165) is 21.7 Å². The number of thiazole rings is 1. The molecule has 0 fully saturated rings. The van der Waals surface area contributed by atoms with Crippen LogP contribution in [-0.4, -0.2) is 44.1 Å². The van der Waals surface area contributed by atoms with Crippen molar-refractivity contribution < 1.29 is 19.3 Å². The Labute approximate surface area is 186 Å². The molecular weight excluding hydrogens is 434 g/mol. The highest BCUT2D eigenvalue weighted by Gasteiger charge is 2.36. The maximum Gasteiger partial charge on any atom is 0.270 e. The van der Waals surface area contributed by atoms with E-state index >= 15 is 0 Å². The third-order valence-corrected chi connectivity index (χ3v) is 5.77. The molecule has 10 nitrogen and oxygen atoms in total. The van der Waals surface area contributed by atoms with Crippen molar-refractivity contribution in [2.24, 2.45) is 0 Å². The molecule has 4 rings (SSSR count). The number of nitrogens with zero attached hydrogens (tertiary/aromatic N) is 4. The molecule has 0 aliphatic carbocycles. The van der Waals surface area contributed by atoms with Gasteiger partial charge in [-0.2, -0.15) is 0 Å². The molecule has 0 saturated carbocycles. The Balaban J connectivity index is 1.26. The van der Waals surface area contributed by atoms with Crippen LogP contribution >= 0.6 is 11.3 Å². The van der Waals surface area contributed by atoms with Gasteiger partial charge >= 0.3 is 0 Å². The smallest absolute Gasteiger partial charge is 0.270 e. The van der Waals surface area contributed by atoms with E-state index in [2.05, 4.69) is 15.3 Å². The predicted molar refractivity (Wildman–Crippen MR) is 115 cm³/mol. The SMILES string of the molecule is O=C(CCCN1C(=O)c2ccc([N+](=O)[O-])cc2C1=O)NCc1csc(-c2ccccn2)n1. The molecule has 1 aliphatic heterocycles. The van der Waals surface area contributed by atoms with Crippen molar-refractivity contribution in [2.45, 2.75) is 19.4 Å². The van der Waals surface area contributed by atoms with Gasteiger partial charge < -0.3 is 5.32 Å². The number of nitrogens with one attached hydrogen (secondary N) is 1. The van der Waals surface area contributed by atoms with Crippen molar-refractivity contribution in [2.75, 3.05) is 6.54 Å². The van der Waals surface area contributed by atoms with Gasteiger partial charge in [-0.1, -0.05) is 6.07 Å². The molecule has 0 unspecified atom stereocenters. The number of amides is 3. The van der Waals surface area contributed by atoms with Gasteiger partial charge in [0.05, 0.1) is 34.0 Å². The lowest BCUT2D eigenvalue weighted by Crippen LogP contribution is -2.32. The lowest BCUT2D eigenvalue weighted by Gasteiger charge is -2.13. The summed E-state index contributed by atoms with van der Waals surface area (Å²) >= 11 is 1.44. The van der Waals surface area contributed by atoms with Crippen molar-refractivity contribution in [3.05, 3.63) is 74.9 Å². The van der Waals surface area contributed by atoms with Crippen LogP contribution in [-0.2, 0) is 11.3 Å². The van der Waals surface area contributed by atoms with Crippen LogP contribution in [0.4, 0.5) is 5.69 Å². The number of aromatic nitrogens is 2. The second-order valence-electron chi connectivity index (χ2n) is 6.99. The number of hydrogen-bond donors (Lipinski definition) is 1. The number of carbonyl (C=O) groups is 3. The Morgan fingerprint density at radius 2 is 1.97 bits per heavy atom. The molecule has 0 spiro atoms. The summed E-state index contributed by atoms with van der Waals surface area (Å²) in [4.78, 5) is 57.0. The maximum absolute atomic E-state index is 12.5. The Hall–Kier alpha value is -3.99. The summed E-state index contributed by atoms with van der Waals surface area (Å²) in [6.45, 7) is 0.312. The van der Waals surface area contributed by atoms with Crippen molar-refractivity contribution in [1.29, 1.82) is 0 Å². The monoisotopic (exact) mass is 451 g/mol. The summed E-state index contributed by atoms with van der Waals surface area (Å²) in [7, 11) is 0. The van der Waals surface area contributed by atoms with Gasteiger partial charge in [0, 0.05) is 36.7 Å². The molecule has 1 N–H and O–H groups in total. The van der Waals surface area contributed by atoms with Crippen LogP contribution in [0.1, 0.15) is 39.3 Å². The average Bonchev–Trinajstić information content (AvgIpc) is 3.37. The van der Waals surface area contributed by atoms with Gasteiger partial charge in [0.25, 0.3) is 17.5 Å². The minimum absolute atomic E-state index is 0.0147. The Kier molecular flexibility index (Phi) is 5.99. The van der Waals surface area contributed by atoms with E-state index in [9.17, 15) is 24.5 Å². The van der Waals surface area contributed by atoms with Gasteiger partial charge in [0.1, 0.15) is 5.01 Å². The first-order valence-corrected chi connectivity index (χ1v) is 10.6. The standard InChI is InChI=1S/C21H17N5O5S/c27-18(23-11-13-12-32-19(24-13)17-4-1-2-8-22-17)5-3-9-25-20(28)15-7-6-14(26(30)31)10-16(15)21(25)29/h1-2,4,6-8,10,12H,3,5,9,11H2,(H,23,27). The fraction of sp³-hybridized carbons (Fsp3) is 0.190. The molecule has 1 aliphatic rings. The Morgan fingerprint density at radius 3 is 2.72 bits per heavy atom. The number of nitro benzene ring substituents is 1. The molecule has 3 amide bonds. The first-order chi connectivity index (χ1) is 15.4. The van der Waals surface area contributed by atoms with Crippen LogP contribution < -0.4 is 5.32 Å². The maximum atomic E-state index is 12.5. The molecule has 162 valence electrons. The van der Waals surface area contributed by atoms with Crippen LogP contribution in [0.15, 0.2) is 48.0 Å². The van der Waals surface area contributed by atoms with E-state index in [0.29, 0.717) is 5.69 Å². The summed E-state index contributed by atoms with van der Waals surface area (Å²) in [5.74, 6) is -1.33. The number of non-ortho nitro benzene ring substituents is 1. The van der Waals surface area contributed by atoms with Crippen molar-refractivity contribution in [1.82, 2.24) is 20.2 Å². The normalized spacial score (nSPS) is 12.7. The molecular formula is C21H17N5O5S. The quantitative estimate of drug-likeness (QED) is 0.316. The number of rotatable bonds is 8. The van der Waals surface area contributed by atoms with Gasteiger partial charge in [0.2, 0.25) is 5.91 Å². The van der Waals surface area contributed by atoms with E-state index in [4.69, 9.17) is 0 Å². The topological polar surface area (TPSA) is 135 Å². The molecule has 0 bridgehead atoms. The molecule has 0 radical (unpaired) electrons. The lowest BCUT2D eigenvalue weighted by molar-refractivity contribution is -0.384. The number of carbonyl (C=O) groups excluding carboxylic acids is 3. The fourth-order valence-corrected chi connectivity index (χ4v) is 4.06. The van der Waals surface area contributed by atoms with Gasteiger partial charge in [-0.15, -0.1) is 11.3 Å². The van der Waals surface area contributed by atoms with E-state index in [1.807, 2.05) is 23.6 Å². The van der Waals surface area contributed by atoms with Crippen LogP contribution in [0.3, 0.4) is 0 Å². The Morgan fingerprint density at radius 1 is 1.16 bits per heavy atom. The molecule has 11 heteroatoms. The summed E-state index contributed by atoms with van der Waals surface area (Å²) in [5, 5.41) is 16.3. The van der Waals surface area contributed by atoms with Crippen LogP contribution in [0.25, 0.3) is 10.7 Å². The first kappa shape index (κ1) is 21.2. The Bertz CT molecular complexity index is 1210. The minimum Gasteiger partial charge on any atom is -0.350 e. The van der Waals surface area contributed by atoms with Crippen molar-refractivity contribution in [3.8, 4) is 10.7 Å². The number of hydrogen-bond acceptors (Lipinski definition) is 8. The fourth-order valence-electron chi connectivity index (χ4n) is 3.27. The van der Waals surface area contributed by atoms with Crippen LogP contribution in [0.2, 0.25) is 0 Å². The summed E-state index contributed by atoms with van der Waals surface area (Å²) in [6.07, 6.45) is 2.08. The van der Waals surface area contributed by atoms with Gasteiger partial charge in [-0.3, -0.25) is 34.4 Å². The zero-order valence-electron chi connectivity index (χ0n) is 16.7. The van der Waals surface area contributed by atoms with Gasteiger partial charge in [0.15, 0.2) is 0 Å². The van der Waals surface area contributed by atoms with Crippen LogP contribution in [0, 0.1) is 10.1 Å². The molecule has 1 aromatic carbocycles. The largest absolute Gasteiger partial charge is 0.350 e. The van der Waals surface area contributed by atoms with Crippen LogP contribution in [0.5, 0.6) is 0 Å². The van der Waals surface area contributed by atoms with E-state index in [1.165, 1.54) is 23.5 Å². The summed E-state index contributed by atoms with van der Waals surface area (Å²) < 4.78 is 0. The second kappa shape index (κ2) is 9.02. The minimum atomic E-state index is -0.618. The lowest BCUT2D eigenvalue weighted by atomic mass is 10.1. The third-order valence-electron chi connectivity index (χ3n) is 4.85. The molecule has 3 aromatic rings. The summed E-state index contributed by atoms with van der Waals surface area (Å²) in [6, 6.07) is 9.14. The highest BCUT2D eigenvalue weighted by molar-refractivity contribution is 7.13. The van der Waals surface area contributed by atoms with Gasteiger partial charge in [-0.25, -0.2) is 4.98 Å². The number of imide groups is 1. The van der Waals surface area contributed by atoms with Gasteiger partial charge in [-0.05, 0) is 24.6 Å². The second-order valence-corrected chi connectivity index (χ2v) is 7.85. The van der Waals surface area contributed by atoms with E-state index < -0.39 is 16.7 Å². The first-order valence-electron chi connectivity index (χ1n) is 9.71. The van der Waals surface area contributed by atoms with E-state index in [1.54, 1.807) is 6.20 Å². The number of pyridine rings is 1. The molecule has 0 saturated heterocycles. The zero-order chi connectivity index (χ0) is 22.7.